The van der Waals surface area contributed by atoms with Crippen molar-refractivity contribution in [3.63, 3.8) is 0 Å². The second-order valence-corrected chi connectivity index (χ2v) is 6.04. The van der Waals surface area contributed by atoms with E-state index in [1.165, 1.54) is 0 Å². The average molecular weight is 292 g/mol. The highest BCUT2D eigenvalue weighted by Gasteiger charge is 2.29. The molecule has 0 atom stereocenters. The maximum atomic E-state index is 11.4. The largest absolute Gasteiger partial charge is 0.368 e. The molecule has 7 heteroatoms. The minimum Gasteiger partial charge on any atom is -0.368 e. The Balaban J connectivity index is 2.41. The molecule has 0 aliphatic heterocycles. The number of anilines is 2. The second kappa shape index (κ2) is 6.26. The molecule has 0 unspecified atom stereocenters. The number of aromatic nitrogens is 2. The van der Waals surface area contributed by atoms with Crippen LogP contribution in [0.3, 0.4) is 0 Å². The lowest BCUT2D eigenvalue weighted by atomic mass is 10.2. The van der Waals surface area contributed by atoms with E-state index in [2.05, 4.69) is 29.2 Å². The number of primary amides is 1. The Morgan fingerprint density at radius 3 is 2.57 bits per heavy atom. The third-order valence-corrected chi connectivity index (χ3v) is 3.45. The summed E-state index contributed by atoms with van der Waals surface area (Å²) in [5.74, 6) is 8.13. The van der Waals surface area contributed by atoms with Crippen LogP contribution in [0.2, 0.25) is 0 Å². The number of nitrogens with zero attached hydrogens (tertiary/aromatic N) is 3. The molecule has 0 radical (unpaired) electrons. The average Bonchev–Trinajstić information content (AvgIpc) is 3.21. The Bertz CT molecular complexity index is 526. The van der Waals surface area contributed by atoms with Gasteiger partial charge in [0.05, 0.1) is 6.54 Å². The van der Waals surface area contributed by atoms with Gasteiger partial charge in [-0.25, -0.2) is 15.8 Å². The van der Waals surface area contributed by atoms with Crippen LogP contribution < -0.4 is 21.9 Å². The van der Waals surface area contributed by atoms with Crippen LogP contribution in [0.5, 0.6) is 0 Å². The van der Waals surface area contributed by atoms with Gasteiger partial charge in [-0.3, -0.25) is 4.79 Å². The fourth-order valence-electron chi connectivity index (χ4n) is 2.35. The van der Waals surface area contributed by atoms with Crippen LogP contribution in [-0.2, 0) is 4.79 Å². The molecule has 7 nitrogen and oxygen atoms in total. The monoisotopic (exact) mass is 292 g/mol. The first-order chi connectivity index (χ1) is 9.92. The van der Waals surface area contributed by atoms with Crippen LogP contribution in [-0.4, -0.2) is 29.0 Å². The van der Waals surface area contributed by atoms with E-state index in [1.807, 2.05) is 11.8 Å². The number of nitrogens with two attached hydrogens (primary N) is 2. The molecule has 1 aromatic heterocycles. The summed E-state index contributed by atoms with van der Waals surface area (Å²) >= 11 is 0. The molecule has 5 N–H and O–H groups in total. The molecular formula is C14H24N6O. The van der Waals surface area contributed by atoms with Gasteiger partial charge in [-0.05, 0) is 25.7 Å². The third-order valence-electron chi connectivity index (χ3n) is 3.45. The van der Waals surface area contributed by atoms with Crippen molar-refractivity contribution < 1.29 is 4.79 Å². The molecule has 1 aliphatic rings. The molecule has 1 fully saturated rings. The van der Waals surface area contributed by atoms with Gasteiger partial charge in [0.15, 0.2) is 0 Å². The Morgan fingerprint density at radius 1 is 1.43 bits per heavy atom. The van der Waals surface area contributed by atoms with Crippen molar-refractivity contribution in [2.24, 2.45) is 17.5 Å². The van der Waals surface area contributed by atoms with Crippen LogP contribution in [0.25, 0.3) is 0 Å². The van der Waals surface area contributed by atoms with Crippen molar-refractivity contribution in [2.45, 2.75) is 39.5 Å². The van der Waals surface area contributed by atoms with Gasteiger partial charge in [0.2, 0.25) is 5.91 Å². The highest BCUT2D eigenvalue weighted by atomic mass is 16.1. The third kappa shape index (κ3) is 3.81. The molecule has 1 aromatic rings. The highest BCUT2D eigenvalue weighted by Crippen LogP contribution is 2.40. The number of nitrogens with one attached hydrogen (secondary N) is 1. The zero-order valence-electron chi connectivity index (χ0n) is 12.9. The lowest BCUT2D eigenvalue weighted by molar-refractivity contribution is -0.116. The van der Waals surface area contributed by atoms with E-state index in [4.69, 9.17) is 11.6 Å². The van der Waals surface area contributed by atoms with Gasteiger partial charge in [0, 0.05) is 18.0 Å². The number of carbonyl (C=O) groups excluding carboxylic acids is 1. The fourth-order valence-corrected chi connectivity index (χ4v) is 2.35. The lowest BCUT2D eigenvalue weighted by Crippen LogP contribution is -2.37. The SMILES string of the molecule is Cc1c(NN)nc(C2CC2)nc1N(CC(N)=O)CC(C)C. The highest BCUT2D eigenvalue weighted by molar-refractivity contribution is 5.79. The number of amides is 1. The summed E-state index contributed by atoms with van der Waals surface area (Å²) in [5, 5.41) is 0. The van der Waals surface area contributed by atoms with Gasteiger partial charge < -0.3 is 16.1 Å². The van der Waals surface area contributed by atoms with Crippen molar-refractivity contribution in [1.29, 1.82) is 0 Å². The second-order valence-electron chi connectivity index (χ2n) is 6.04. The van der Waals surface area contributed by atoms with Crippen molar-refractivity contribution in [2.75, 3.05) is 23.4 Å². The van der Waals surface area contributed by atoms with E-state index in [1.54, 1.807) is 0 Å². The Labute approximate surface area is 125 Å². The molecule has 2 rings (SSSR count). The van der Waals surface area contributed by atoms with Crippen LogP contribution >= 0.6 is 0 Å². The summed E-state index contributed by atoms with van der Waals surface area (Å²) in [5.41, 5.74) is 8.84. The van der Waals surface area contributed by atoms with E-state index in [0.29, 0.717) is 24.2 Å². The van der Waals surface area contributed by atoms with E-state index >= 15 is 0 Å². The predicted octanol–water partition coefficient (Wildman–Crippen LogP) is 0.896. The minimum atomic E-state index is -0.371. The van der Waals surface area contributed by atoms with Crippen LogP contribution in [0.1, 0.15) is 44.0 Å². The van der Waals surface area contributed by atoms with Crippen molar-refractivity contribution in [3.8, 4) is 0 Å². The van der Waals surface area contributed by atoms with Crippen LogP contribution in [0.15, 0.2) is 0 Å². The molecular weight excluding hydrogens is 268 g/mol. The molecule has 0 spiro atoms. The molecule has 1 aliphatic carbocycles. The first-order valence-corrected chi connectivity index (χ1v) is 7.30. The molecule has 0 aromatic carbocycles. The maximum Gasteiger partial charge on any atom is 0.236 e. The van der Waals surface area contributed by atoms with Crippen LogP contribution in [0.4, 0.5) is 11.6 Å². The molecule has 0 bridgehead atoms. The van der Waals surface area contributed by atoms with Gasteiger partial charge in [-0.1, -0.05) is 13.8 Å². The molecule has 116 valence electrons. The quantitative estimate of drug-likeness (QED) is 0.508. The summed E-state index contributed by atoms with van der Waals surface area (Å²) in [6, 6.07) is 0. The first-order valence-electron chi connectivity index (χ1n) is 7.30. The molecule has 1 amide bonds. The molecule has 1 saturated carbocycles. The smallest absolute Gasteiger partial charge is 0.236 e. The van der Waals surface area contributed by atoms with Gasteiger partial charge in [0.1, 0.15) is 17.5 Å². The van der Waals surface area contributed by atoms with Gasteiger partial charge in [-0.15, -0.1) is 0 Å². The summed E-state index contributed by atoms with van der Waals surface area (Å²) in [4.78, 5) is 22.4. The minimum absolute atomic E-state index is 0.143. The Kier molecular flexibility index (Phi) is 4.62. The van der Waals surface area contributed by atoms with E-state index < -0.39 is 0 Å². The number of carbonyl (C=O) groups is 1. The van der Waals surface area contributed by atoms with Gasteiger partial charge in [-0.2, -0.15) is 0 Å². The van der Waals surface area contributed by atoms with Crippen molar-refractivity contribution in [1.82, 2.24) is 9.97 Å². The maximum absolute atomic E-state index is 11.4. The lowest BCUT2D eigenvalue weighted by Gasteiger charge is -2.26. The zero-order chi connectivity index (χ0) is 15.6. The van der Waals surface area contributed by atoms with Gasteiger partial charge >= 0.3 is 0 Å². The summed E-state index contributed by atoms with van der Waals surface area (Å²) in [7, 11) is 0. The summed E-state index contributed by atoms with van der Waals surface area (Å²) in [6.07, 6.45) is 2.21. The number of hydrazine groups is 1. The van der Waals surface area contributed by atoms with Crippen molar-refractivity contribution in [3.05, 3.63) is 11.4 Å². The van der Waals surface area contributed by atoms with E-state index in [0.717, 1.165) is 30.0 Å². The summed E-state index contributed by atoms with van der Waals surface area (Å²) in [6.45, 7) is 6.93. The molecule has 21 heavy (non-hydrogen) atoms. The Hall–Kier alpha value is -1.89. The molecule has 0 saturated heterocycles. The molecule has 1 heterocycles. The number of nitrogen functional groups attached to an aromatic ring is 1. The fraction of sp³-hybridized carbons (Fsp3) is 0.643. The predicted molar refractivity (Wildman–Crippen MR) is 82.8 cm³/mol. The standard InChI is InChI=1S/C14H24N6O/c1-8(2)6-20(7-11(15)21)14-9(3)12(19-16)17-13(18-14)10-4-5-10/h8,10H,4-7,16H2,1-3H3,(H2,15,21)(H,17,18,19). The first kappa shape index (κ1) is 15.5. The van der Waals surface area contributed by atoms with Crippen LogP contribution in [0, 0.1) is 12.8 Å². The van der Waals surface area contributed by atoms with Gasteiger partial charge in [0.25, 0.3) is 0 Å². The van der Waals surface area contributed by atoms with Crippen molar-refractivity contribution >= 4 is 17.5 Å². The zero-order valence-corrected chi connectivity index (χ0v) is 12.9. The topological polar surface area (TPSA) is 110 Å². The van der Waals surface area contributed by atoms with E-state index in [-0.39, 0.29) is 12.5 Å². The van der Waals surface area contributed by atoms with E-state index in [9.17, 15) is 4.79 Å². The Morgan fingerprint density at radius 2 is 2.10 bits per heavy atom. The number of hydrogen-bond donors (Lipinski definition) is 3. The normalized spacial score (nSPS) is 14.3. The number of rotatable bonds is 7. The number of hydrogen-bond acceptors (Lipinski definition) is 6. The summed E-state index contributed by atoms with van der Waals surface area (Å²) < 4.78 is 0.